The van der Waals surface area contributed by atoms with Crippen molar-refractivity contribution in [3.8, 4) is 0 Å². The van der Waals surface area contributed by atoms with E-state index in [1.165, 1.54) is 0 Å². The molecule has 5 nitrogen and oxygen atoms in total. The SMILES string of the molecule is Cc1ccccc1C(=O)O[C@H]1NC(=O)[C@@H]1[C@@H](C)O[Si](C)(C)C(C)(C)C. The lowest BCUT2D eigenvalue weighted by Gasteiger charge is -2.44. The van der Waals surface area contributed by atoms with Gasteiger partial charge in [-0.2, -0.15) is 0 Å². The van der Waals surface area contributed by atoms with Crippen LogP contribution in [0.25, 0.3) is 0 Å². The second kappa shape index (κ2) is 6.92. The van der Waals surface area contributed by atoms with Gasteiger partial charge in [-0.15, -0.1) is 0 Å². The zero-order valence-electron chi connectivity index (χ0n) is 16.2. The number of β-lactam (4-membered cyclic amide) rings is 1. The van der Waals surface area contributed by atoms with Crippen molar-refractivity contribution in [2.45, 2.75) is 65.1 Å². The molecule has 1 aromatic rings. The molecule has 0 radical (unpaired) electrons. The second-order valence-corrected chi connectivity index (χ2v) is 13.0. The van der Waals surface area contributed by atoms with Gasteiger partial charge in [0.05, 0.1) is 11.7 Å². The van der Waals surface area contributed by atoms with Crippen LogP contribution in [0.4, 0.5) is 0 Å². The minimum Gasteiger partial charge on any atom is -0.437 e. The lowest BCUT2D eigenvalue weighted by atomic mass is 9.93. The highest BCUT2D eigenvalue weighted by molar-refractivity contribution is 6.74. The Kier molecular flexibility index (Phi) is 5.44. The first-order chi connectivity index (χ1) is 11.4. The molecule has 0 spiro atoms. The third-order valence-corrected chi connectivity index (χ3v) is 9.88. The summed E-state index contributed by atoms with van der Waals surface area (Å²) in [6.45, 7) is 14.5. The first-order valence-corrected chi connectivity index (χ1v) is 11.6. The van der Waals surface area contributed by atoms with E-state index in [9.17, 15) is 9.59 Å². The Labute approximate surface area is 151 Å². The van der Waals surface area contributed by atoms with E-state index in [1.807, 2.05) is 26.0 Å². The largest absolute Gasteiger partial charge is 0.437 e. The molecule has 138 valence electrons. The fourth-order valence-corrected chi connectivity index (χ4v) is 4.05. The van der Waals surface area contributed by atoms with Crippen LogP contribution >= 0.6 is 0 Å². The first-order valence-electron chi connectivity index (χ1n) is 8.69. The van der Waals surface area contributed by atoms with Crippen LogP contribution in [0.3, 0.4) is 0 Å². The number of rotatable bonds is 5. The number of amides is 1. The molecule has 1 aromatic carbocycles. The van der Waals surface area contributed by atoms with E-state index in [2.05, 4.69) is 39.2 Å². The van der Waals surface area contributed by atoms with Crippen molar-refractivity contribution < 1.29 is 18.8 Å². The van der Waals surface area contributed by atoms with Crippen molar-refractivity contribution in [2.24, 2.45) is 5.92 Å². The molecule has 0 saturated carbocycles. The Morgan fingerprint density at radius 2 is 1.84 bits per heavy atom. The monoisotopic (exact) mass is 363 g/mol. The Balaban J connectivity index is 2.05. The van der Waals surface area contributed by atoms with E-state index in [-0.39, 0.29) is 17.0 Å². The molecule has 1 heterocycles. The summed E-state index contributed by atoms with van der Waals surface area (Å²) in [7, 11) is -2.01. The highest BCUT2D eigenvalue weighted by Gasteiger charge is 2.49. The van der Waals surface area contributed by atoms with Gasteiger partial charge in [-0.1, -0.05) is 39.0 Å². The summed E-state index contributed by atoms with van der Waals surface area (Å²) in [5.41, 5.74) is 1.36. The first kappa shape index (κ1) is 19.7. The van der Waals surface area contributed by atoms with E-state index < -0.39 is 26.4 Å². The standard InChI is InChI=1S/C19H29NO4Si/c1-12-10-8-9-11-14(12)18(22)23-17-15(16(21)20-17)13(2)24-25(6,7)19(3,4)5/h8-11,13,15,17H,1-7H3,(H,20,21)/t13-,15+,17-/m1/s1. The van der Waals surface area contributed by atoms with E-state index in [0.717, 1.165) is 5.56 Å². The van der Waals surface area contributed by atoms with Crippen LogP contribution in [0.2, 0.25) is 18.1 Å². The third-order valence-electron chi connectivity index (χ3n) is 5.30. The molecule has 0 aliphatic carbocycles. The molecule has 0 bridgehead atoms. The van der Waals surface area contributed by atoms with Crippen LogP contribution in [0.1, 0.15) is 43.6 Å². The fraction of sp³-hybridized carbons (Fsp3) is 0.579. The van der Waals surface area contributed by atoms with Crippen molar-refractivity contribution >= 4 is 20.2 Å². The molecule has 1 aliphatic rings. The van der Waals surface area contributed by atoms with Crippen molar-refractivity contribution in [2.75, 3.05) is 0 Å². The molecule has 1 fully saturated rings. The number of esters is 1. The number of carbonyl (C=O) groups is 2. The number of aryl methyl sites for hydroxylation is 1. The molecule has 3 atom stereocenters. The van der Waals surface area contributed by atoms with Gasteiger partial charge >= 0.3 is 5.97 Å². The Morgan fingerprint density at radius 1 is 1.24 bits per heavy atom. The molecule has 1 saturated heterocycles. The molecular formula is C19H29NO4Si. The average molecular weight is 364 g/mol. The Morgan fingerprint density at radius 3 is 2.36 bits per heavy atom. The molecule has 0 unspecified atom stereocenters. The topological polar surface area (TPSA) is 64.6 Å². The molecule has 25 heavy (non-hydrogen) atoms. The summed E-state index contributed by atoms with van der Waals surface area (Å²) < 4.78 is 11.8. The van der Waals surface area contributed by atoms with Gasteiger partial charge in [0.25, 0.3) is 0 Å². The summed E-state index contributed by atoms with van der Waals surface area (Å²) in [6, 6.07) is 7.25. The molecule has 0 aromatic heterocycles. The summed E-state index contributed by atoms with van der Waals surface area (Å²) >= 11 is 0. The molecule has 6 heteroatoms. The second-order valence-electron chi connectivity index (χ2n) is 8.26. The molecule has 1 aliphatic heterocycles. The van der Waals surface area contributed by atoms with Gasteiger partial charge in [0, 0.05) is 0 Å². The van der Waals surface area contributed by atoms with Gasteiger partial charge in [-0.25, -0.2) is 4.79 Å². The highest BCUT2D eigenvalue weighted by Crippen LogP contribution is 2.39. The summed E-state index contributed by atoms with van der Waals surface area (Å²) in [4.78, 5) is 24.4. The maximum Gasteiger partial charge on any atom is 0.340 e. The van der Waals surface area contributed by atoms with Gasteiger partial charge in [0.1, 0.15) is 5.92 Å². The Hall–Kier alpha value is -1.66. The smallest absolute Gasteiger partial charge is 0.340 e. The maximum atomic E-state index is 12.4. The van der Waals surface area contributed by atoms with Crippen LogP contribution in [0, 0.1) is 12.8 Å². The average Bonchev–Trinajstić information content (AvgIpc) is 2.44. The van der Waals surface area contributed by atoms with Crippen molar-refractivity contribution in [3.05, 3.63) is 35.4 Å². The van der Waals surface area contributed by atoms with Gasteiger partial charge in [0.2, 0.25) is 5.91 Å². The summed E-state index contributed by atoms with van der Waals surface area (Å²) in [5.74, 6) is -1.02. The van der Waals surface area contributed by atoms with Gasteiger partial charge in [0.15, 0.2) is 14.5 Å². The lowest BCUT2D eigenvalue weighted by Crippen LogP contribution is -2.65. The van der Waals surface area contributed by atoms with E-state index in [4.69, 9.17) is 9.16 Å². The predicted molar refractivity (Wildman–Crippen MR) is 99.8 cm³/mol. The lowest BCUT2D eigenvalue weighted by molar-refractivity contribution is -0.154. The van der Waals surface area contributed by atoms with E-state index in [1.54, 1.807) is 12.1 Å². The van der Waals surface area contributed by atoms with E-state index in [0.29, 0.717) is 5.56 Å². The number of hydrogen-bond acceptors (Lipinski definition) is 4. The number of nitrogens with one attached hydrogen (secondary N) is 1. The number of benzene rings is 1. The quantitative estimate of drug-likeness (QED) is 0.493. The molecule has 2 rings (SSSR count). The summed E-state index contributed by atoms with van der Waals surface area (Å²) in [6.07, 6.45) is -0.941. The zero-order valence-corrected chi connectivity index (χ0v) is 17.2. The number of carbonyl (C=O) groups excluding carboxylic acids is 2. The minimum atomic E-state index is -2.01. The number of hydrogen-bond donors (Lipinski definition) is 1. The molecular weight excluding hydrogens is 334 g/mol. The van der Waals surface area contributed by atoms with Crippen molar-refractivity contribution in [1.29, 1.82) is 0 Å². The van der Waals surface area contributed by atoms with Gasteiger partial charge in [-0.3, -0.25) is 4.79 Å². The van der Waals surface area contributed by atoms with Crippen LogP contribution in [0.5, 0.6) is 0 Å². The van der Waals surface area contributed by atoms with Crippen LogP contribution in [-0.2, 0) is 14.0 Å². The number of ether oxygens (including phenoxy) is 1. The van der Waals surface area contributed by atoms with Crippen LogP contribution in [-0.4, -0.2) is 32.5 Å². The third kappa shape index (κ3) is 4.12. The highest BCUT2D eigenvalue weighted by atomic mass is 28.4. The van der Waals surface area contributed by atoms with Gasteiger partial charge < -0.3 is 14.5 Å². The van der Waals surface area contributed by atoms with Crippen LogP contribution in [0.15, 0.2) is 24.3 Å². The minimum absolute atomic E-state index is 0.0504. The van der Waals surface area contributed by atoms with Crippen LogP contribution < -0.4 is 5.32 Å². The maximum absolute atomic E-state index is 12.4. The van der Waals surface area contributed by atoms with Crippen molar-refractivity contribution in [1.82, 2.24) is 5.32 Å². The van der Waals surface area contributed by atoms with Crippen molar-refractivity contribution in [3.63, 3.8) is 0 Å². The molecule has 1 N–H and O–H groups in total. The normalized spacial score (nSPS) is 22.0. The molecule has 1 amide bonds. The zero-order chi connectivity index (χ0) is 19.0. The van der Waals surface area contributed by atoms with Gasteiger partial charge in [-0.05, 0) is 43.6 Å². The van der Waals surface area contributed by atoms with E-state index >= 15 is 0 Å². The fourth-order valence-electron chi connectivity index (χ4n) is 2.63. The predicted octanol–water partition coefficient (Wildman–Crippen LogP) is 3.63. The summed E-state index contributed by atoms with van der Waals surface area (Å²) in [5, 5.41) is 2.72. The Bertz CT molecular complexity index is 666.